The van der Waals surface area contributed by atoms with Gasteiger partial charge in [-0.05, 0) is 43.3 Å². The van der Waals surface area contributed by atoms with Crippen molar-refractivity contribution in [2.24, 2.45) is 0 Å². The molecule has 3 aromatic carbocycles. The van der Waals surface area contributed by atoms with Gasteiger partial charge in [-0.2, -0.15) is 0 Å². The van der Waals surface area contributed by atoms with E-state index in [1.165, 1.54) is 12.1 Å². The molecule has 2 atom stereocenters. The van der Waals surface area contributed by atoms with Crippen LogP contribution in [0.15, 0.2) is 71.3 Å². The predicted molar refractivity (Wildman–Crippen MR) is 150 cm³/mol. The van der Waals surface area contributed by atoms with Gasteiger partial charge in [0.2, 0.25) is 5.95 Å². The Kier molecular flexibility index (Phi) is 6.36. The molecular formula is C30H28FN5O3. The largest absolute Gasteiger partial charge is 0.455 e. The first kappa shape index (κ1) is 24.8. The lowest BCUT2D eigenvalue weighted by Gasteiger charge is -2.23. The minimum atomic E-state index is -0.355. The molecule has 2 aromatic heterocycles. The molecule has 0 fully saturated rings. The molecular weight excluding hydrogens is 497 g/mol. The van der Waals surface area contributed by atoms with E-state index in [1.807, 2.05) is 56.6 Å². The molecule has 39 heavy (non-hydrogen) atoms. The van der Waals surface area contributed by atoms with E-state index in [9.17, 15) is 9.18 Å². The number of ether oxygens (including phenoxy) is 1. The Morgan fingerprint density at radius 1 is 1.15 bits per heavy atom. The highest BCUT2D eigenvalue weighted by molar-refractivity contribution is 6.11. The second kappa shape index (κ2) is 9.99. The van der Waals surface area contributed by atoms with Gasteiger partial charge in [-0.15, -0.1) is 0 Å². The van der Waals surface area contributed by atoms with Crippen molar-refractivity contribution in [1.29, 1.82) is 0 Å². The summed E-state index contributed by atoms with van der Waals surface area (Å²) in [7, 11) is 3.59. The van der Waals surface area contributed by atoms with E-state index >= 15 is 0 Å². The van der Waals surface area contributed by atoms with Crippen molar-refractivity contribution < 1.29 is 18.3 Å². The van der Waals surface area contributed by atoms with Crippen LogP contribution >= 0.6 is 0 Å². The van der Waals surface area contributed by atoms with Gasteiger partial charge in [0.15, 0.2) is 0 Å². The number of para-hydroxylation sites is 1. The van der Waals surface area contributed by atoms with Gasteiger partial charge in [-0.1, -0.05) is 18.2 Å². The van der Waals surface area contributed by atoms with Crippen LogP contribution < -0.4 is 15.5 Å². The van der Waals surface area contributed by atoms with Crippen LogP contribution in [0.2, 0.25) is 0 Å². The number of amides is 1. The molecule has 198 valence electrons. The number of furan rings is 1. The first-order chi connectivity index (χ1) is 18.9. The maximum Gasteiger partial charge on any atom is 0.255 e. The highest BCUT2D eigenvalue weighted by Gasteiger charge is 2.29. The molecule has 0 unspecified atom stereocenters. The zero-order chi connectivity index (χ0) is 27.1. The summed E-state index contributed by atoms with van der Waals surface area (Å²) in [5, 5.41) is 7.69. The Hall–Kier alpha value is -4.50. The molecule has 6 rings (SSSR count). The summed E-state index contributed by atoms with van der Waals surface area (Å²) in [6, 6.07) is 17.7. The van der Waals surface area contributed by atoms with Crippen molar-refractivity contribution in [3.63, 3.8) is 0 Å². The molecule has 3 heterocycles. The molecule has 5 aromatic rings. The van der Waals surface area contributed by atoms with Crippen LogP contribution in [0.5, 0.6) is 0 Å². The maximum atomic E-state index is 13.6. The lowest BCUT2D eigenvalue weighted by atomic mass is 10.00. The fraction of sp³-hybridized carbons (Fsp3) is 0.233. The number of hydrogen-bond donors (Lipinski definition) is 2. The minimum absolute atomic E-state index is 0.146. The number of nitrogens with zero attached hydrogens (tertiary/aromatic N) is 3. The second-order valence-electron chi connectivity index (χ2n) is 9.71. The lowest BCUT2D eigenvalue weighted by Crippen LogP contribution is -2.34. The van der Waals surface area contributed by atoms with E-state index in [2.05, 4.69) is 25.5 Å². The van der Waals surface area contributed by atoms with Gasteiger partial charge in [0.05, 0.1) is 23.3 Å². The van der Waals surface area contributed by atoms with Crippen LogP contribution in [0.1, 0.15) is 28.9 Å². The third-order valence-electron chi connectivity index (χ3n) is 7.10. The van der Waals surface area contributed by atoms with Gasteiger partial charge < -0.3 is 24.7 Å². The molecule has 1 aliphatic rings. The average Bonchev–Trinajstić information content (AvgIpc) is 3.28. The van der Waals surface area contributed by atoms with Gasteiger partial charge in [-0.3, -0.25) is 4.79 Å². The summed E-state index contributed by atoms with van der Waals surface area (Å²) in [4.78, 5) is 24.1. The molecule has 8 nitrogen and oxygen atoms in total. The molecule has 1 aliphatic heterocycles. The molecule has 9 heteroatoms. The first-order valence-electron chi connectivity index (χ1n) is 12.8. The number of halogens is 1. The summed E-state index contributed by atoms with van der Waals surface area (Å²) >= 11 is 0. The Labute approximate surface area is 224 Å². The van der Waals surface area contributed by atoms with Gasteiger partial charge >= 0.3 is 0 Å². The van der Waals surface area contributed by atoms with E-state index in [4.69, 9.17) is 9.15 Å². The van der Waals surface area contributed by atoms with Crippen LogP contribution in [0, 0.1) is 5.82 Å². The zero-order valence-corrected chi connectivity index (χ0v) is 21.9. The molecule has 2 N–H and O–H groups in total. The number of hydrogen-bond acceptors (Lipinski definition) is 7. The Balaban J connectivity index is 1.31. The summed E-state index contributed by atoms with van der Waals surface area (Å²) in [5.41, 5.74) is 4.40. The summed E-state index contributed by atoms with van der Waals surface area (Å²) in [5.74, 6) is 0.321. The number of fused-ring (bicyclic) bond motifs is 3. The topological polar surface area (TPSA) is 92.5 Å². The number of aromatic nitrogens is 2. The number of carbonyl (C=O) groups excluding carboxylic acids is 1. The highest BCUT2D eigenvalue weighted by atomic mass is 19.1. The Morgan fingerprint density at radius 2 is 1.95 bits per heavy atom. The third kappa shape index (κ3) is 4.66. The summed E-state index contributed by atoms with van der Waals surface area (Å²) in [6.07, 6.45) is 1.41. The minimum Gasteiger partial charge on any atom is -0.455 e. The Morgan fingerprint density at radius 3 is 2.74 bits per heavy atom. The van der Waals surface area contributed by atoms with Crippen molar-refractivity contribution in [2.75, 3.05) is 37.4 Å². The molecule has 0 saturated heterocycles. The first-order valence-corrected chi connectivity index (χ1v) is 12.8. The molecule has 0 spiro atoms. The van der Waals surface area contributed by atoms with E-state index in [0.717, 1.165) is 22.2 Å². The average molecular weight is 526 g/mol. The van der Waals surface area contributed by atoms with Crippen LogP contribution in [-0.4, -0.2) is 49.2 Å². The zero-order valence-electron chi connectivity index (χ0n) is 21.9. The van der Waals surface area contributed by atoms with Crippen LogP contribution in [-0.2, 0) is 4.74 Å². The molecule has 0 radical (unpaired) electrons. The molecule has 0 aliphatic carbocycles. The van der Waals surface area contributed by atoms with E-state index in [1.54, 1.807) is 19.2 Å². The third-order valence-corrected chi connectivity index (χ3v) is 7.10. The fourth-order valence-electron chi connectivity index (χ4n) is 5.14. The smallest absolute Gasteiger partial charge is 0.255 e. The highest BCUT2D eigenvalue weighted by Crippen LogP contribution is 2.41. The Bertz CT molecular complexity index is 1680. The van der Waals surface area contributed by atoms with Crippen LogP contribution in [0.3, 0.4) is 0 Å². The van der Waals surface area contributed by atoms with Crippen molar-refractivity contribution >= 4 is 39.4 Å². The quantitative estimate of drug-likeness (QED) is 0.311. The summed E-state index contributed by atoms with van der Waals surface area (Å²) in [6.45, 7) is 3.15. The van der Waals surface area contributed by atoms with Crippen LogP contribution in [0.25, 0.3) is 33.2 Å². The maximum absolute atomic E-state index is 13.6. The van der Waals surface area contributed by atoms with E-state index in [0.29, 0.717) is 46.9 Å². The van der Waals surface area contributed by atoms with Gasteiger partial charge in [0.25, 0.3) is 5.91 Å². The number of nitrogens with one attached hydrogen (secondary N) is 2. The number of carbonyl (C=O) groups is 1. The SMILES string of the molecule is CNC(=O)c1c(-c2ccc(F)cc2)oc2cc3c(cc12)[C@H](C)O[C@H](CNc1ncc2ccccc2n1)CN3C. The number of likely N-dealkylation sites (N-methyl/N-ethyl adjacent to an activating group) is 1. The van der Waals surface area contributed by atoms with E-state index in [-0.39, 0.29) is 23.9 Å². The molecule has 0 saturated carbocycles. The van der Waals surface area contributed by atoms with Crippen molar-refractivity contribution in [3.8, 4) is 11.3 Å². The summed E-state index contributed by atoms with van der Waals surface area (Å²) < 4.78 is 26.3. The second-order valence-corrected chi connectivity index (χ2v) is 9.71. The van der Waals surface area contributed by atoms with Gasteiger partial charge in [0.1, 0.15) is 17.2 Å². The van der Waals surface area contributed by atoms with E-state index < -0.39 is 0 Å². The van der Waals surface area contributed by atoms with Gasteiger partial charge in [0, 0.05) is 67.0 Å². The normalized spacial score (nSPS) is 17.2. The van der Waals surface area contributed by atoms with Gasteiger partial charge in [-0.25, -0.2) is 14.4 Å². The lowest BCUT2D eigenvalue weighted by molar-refractivity contribution is 0.0134. The predicted octanol–water partition coefficient (Wildman–Crippen LogP) is 5.55. The number of anilines is 2. The molecule has 0 bridgehead atoms. The van der Waals surface area contributed by atoms with Crippen LogP contribution in [0.4, 0.5) is 16.0 Å². The molecule has 1 amide bonds. The van der Waals surface area contributed by atoms with Crippen molar-refractivity contribution in [1.82, 2.24) is 15.3 Å². The number of rotatable bonds is 5. The van der Waals surface area contributed by atoms with Crippen molar-refractivity contribution in [3.05, 3.63) is 83.8 Å². The monoisotopic (exact) mass is 525 g/mol. The number of benzene rings is 3. The van der Waals surface area contributed by atoms with Crippen molar-refractivity contribution in [2.45, 2.75) is 19.1 Å². The fourth-order valence-corrected chi connectivity index (χ4v) is 5.14. The standard InChI is InChI=1S/C30H28FN5O3/c1-17-22-12-23-26(39-28(27(23)29(37)32-2)18-8-10-20(31)11-9-18)13-25(22)36(3)16-21(38-17)15-34-30-33-14-19-6-4-5-7-24(19)35-30/h4-14,17,21H,15-16H2,1-3H3,(H,32,37)(H,33,34,35)/t17-,21+/m0/s1.